The van der Waals surface area contributed by atoms with Crippen molar-refractivity contribution in [3.05, 3.63) is 46.2 Å². The van der Waals surface area contributed by atoms with Crippen LogP contribution in [-0.4, -0.2) is 10.2 Å². The van der Waals surface area contributed by atoms with Gasteiger partial charge in [-0.3, -0.25) is 0 Å². The maximum absolute atomic E-state index is 13.3. The van der Waals surface area contributed by atoms with E-state index in [1.807, 2.05) is 0 Å². The van der Waals surface area contributed by atoms with E-state index in [9.17, 15) is 14.6 Å². The summed E-state index contributed by atoms with van der Waals surface area (Å²) >= 11 is 5.76. The molecule has 0 amide bonds. The Hall–Kier alpha value is -2.14. The number of hydrogen-bond donors (Lipinski definition) is 4. The fourth-order valence-electron chi connectivity index (χ4n) is 1.79. The van der Waals surface area contributed by atoms with Gasteiger partial charge >= 0.3 is 0 Å². The number of nitrogens with two attached hydrogens (primary N) is 2. The number of aromatic hydroxyl groups is 2. The highest BCUT2D eigenvalue weighted by Gasteiger charge is 2.13. The van der Waals surface area contributed by atoms with E-state index in [2.05, 4.69) is 0 Å². The molecule has 0 spiro atoms. The number of benzene rings is 2. The third kappa shape index (κ3) is 2.66. The number of phenols is 2. The molecule has 0 aliphatic heterocycles. The molecule has 2 rings (SSSR count). The molecule has 0 atom stereocenters. The molecule has 6 N–H and O–H groups in total. The molecule has 0 bridgehead atoms. The van der Waals surface area contributed by atoms with Crippen molar-refractivity contribution in [3.8, 4) is 11.5 Å². The normalized spacial score (nSPS) is 10.6. The van der Waals surface area contributed by atoms with Crippen LogP contribution in [0.4, 0.5) is 15.8 Å². The number of rotatable bonds is 2. The highest BCUT2D eigenvalue weighted by molar-refractivity contribution is 6.33. The third-order valence-corrected chi connectivity index (χ3v) is 3.07. The first-order valence-corrected chi connectivity index (χ1v) is 5.80. The van der Waals surface area contributed by atoms with Crippen molar-refractivity contribution >= 4 is 23.0 Å². The molecule has 0 aliphatic rings. The molecule has 100 valence electrons. The molecule has 6 heteroatoms. The van der Waals surface area contributed by atoms with Gasteiger partial charge < -0.3 is 21.7 Å². The van der Waals surface area contributed by atoms with E-state index in [0.29, 0.717) is 11.3 Å². The lowest BCUT2D eigenvalue weighted by Crippen LogP contribution is -1.97. The Morgan fingerprint density at radius 1 is 1.05 bits per heavy atom. The van der Waals surface area contributed by atoms with Crippen LogP contribution in [0.2, 0.25) is 5.02 Å². The van der Waals surface area contributed by atoms with Crippen LogP contribution in [0.25, 0.3) is 0 Å². The van der Waals surface area contributed by atoms with E-state index >= 15 is 0 Å². The summed E-state index contributed by atoms with van der Waals surface area (Å²) in [5.41, 5.74) is 12.3. The molecule has 4 nitrogen and oxygen atoms in total. The summed E-state index contributed by atoms with van der Waals surface area (Å²) in [7, 11) is 0. The van der Waals surface area contributed by atoms with Crippen LogP contribution in [0.15, 0.2) is 24.3 Å². The largest absolute Gasteiger partial charge is 0.508 e. The van der Waals surface area contributed by atoms with Gasteiger partial charge in [0.25, 0.3) is 0 Å². The third-order valence-electron chi connectivity index (χ3n) is 2.74. The second kappa shape index (κ2) is 4.85. The molecule has 0 saturated heterocycles. The fraction of sp³-hybridized carbons (Fsp3) is 0.0769. The van der Waals surface area contributed by atoms with E-state index in [4.69, 9.17) is 23.1 Å². The average Bonchev–Trinajstić information content (AvgIpc) is 2.32. The summed E-state index contributed by atoms with van der Waals surface area (Å²) in [4.78, 5) is 0. The highest BCUT2D eigenvalue weighted by atomic mass is 35.5. The smallest absolute Gasteiger partial charge is 0.167 e. The van der Waals surface area contributed by atoms with E-state index in [0.717, 1.165) is 6.07 Å². The summed E-state index contributed by atoms with van der Waals surface area (Å²) in [6.45, 7) is 0. The van der Waals surface area contributed by atoms with E-state index in [-0.39, 0.29) is 28.4 Å². The van der Waals surface area contributed by atoms with Crippen molar-refractivity contribution in [2.75, 3.05) is 11.5 Å². The van der Waals surface area contributed by atoms with Crippen LogP contribution in [0.3, 0.4) is 0 Å². The Kier molecular flexibility index (Phi) is 3.40. The molecule has 0 fully saturated rings. The zero-order valence-electron chi connectivity index (χ0n) is 9.82. The molecule has 2 aromatic carbocycles. The van der Waals surface area contributed by atoms with E-state index in [1.165, 1.54) is 18.2 Å². The summed E-state index contributed by atoms with van der Waals surface area (Å²) in [6.07, 6.45) is 0.0843. The fourth-order valence-corrected chi connectivity index (χ4v) is 1.95. The second-order valence-corrected chi connectivity index (χ2v) is 4.60. The Morgan fingerprint density at radius 2 is 1.74 bits per heavy atom. The molecule has 0 heterocycles. The lowest BCUT2D eigenvalue weighted by atomic mass is 10.0. The van der Waals surface area contributed by atoms with Crippen LogP contribution >= 0.6 is 11.6 Å². The van der Waals surface area contributed by atoms with Gasteiger partial charge in [0, 0.05) is 35.4 Å². The van der Waals surface area contributed by atoms with Gasteiger partial charge in [0.1, 0.15) is 5.75 Å². The van der Waals surface area contributed by atoms with E-state index in [1.54, 1.807) is 0 Å². The summed E-state index contributed by atoms with van der Waals surface area (Å²) in [6, 6.07) is 5.22. The number of nitrogen functional groups attached to an aromatic ring is 2. The molecule has 0 saturated carbocycles. The van der Waals surface area contributed by atoms with Crippen molar-refractivity contribution in [1.29, 1.82) is 0 Å². The van der Waals surface area contributed by atoms with Gasteiger partial charge in [-0.1, -0.05) is 11.6 Å². The summed E-state index contributed by atoms with van der Waals surface area (Å²) in [5.74, 6) is -1.39. The van der Waals surface area contributed by atoms with Gasteiger partial charge in [-0.05, 0) is 12.1 Å². The highest BCUT2D eigenvalue weighted by Crippen LogP contribution is 2.33. The van der Waals surface area contributed by atoms with Crippen molar-refractivity contribution in [1.82, 2.24) is 0 Å². The first-order valence-electron chi connectivity index (χ1n) is 5.42. The lowest BCUT2D eigenvalue weighted by Gasteiger charge is -2.10. The predicted molar refractivity (Wildman–Crippen MR) is 72.8 cm³/mol. The Labute approximate surface area is 114 Å². The Bertz CT molecular complexity index is 647. The van der Waals surface area contributed by atoms with Crippen LogP contribution in [0.5, 0.6) is 11.5 Å². The van der Waals surface area contributed by atoms with Gasteiger partial charge in [0.05, 0.1) is 10.7 Å². The monoisotopic (exact) mass is 282 g/mol. The number of halogens is 2. The quantitative estimate of drug-likeness (QED) is 0.503. The van der Waals surface area contributed by atoms with Crippen LogP contribution in [0.1, 0.15) is 11.1 Å². The minimum atomic E-state index is -0.809. The minimum Gasteiger partial charge on any atom is -0.508 e. The summed E-state index contributed by atoms with van der Waals surface area (Å²) in [5, 5.41) is 19.6. The second-order valence-electron chi connectivity index (χ2n) is 4.19. The number of phenolic OH excluding ortho intramolecular Hbond substituents is 2. The first kappa shape index (κ1) is 13.3. The first-order chi connectivity index (χ1) is 8.88. The zero-order valence-corrected chi connectivity index (χ0v) is 10.6. The molecule has 2 aromatic rings. The molecule has 19 heavy (non-hydrogen) atoms. The maximum atomic E-state index is 13.3. The minimum absolute atomic E-state index is 0.0820. The van der Waals surface area contributed by atoms with Gasteiger partial charge in [0.2, 0.25) is 0 Å². The predicted octanol–water partition coefficient (Wildman–Crippen LogP) is 2.65. The van der Waals surface area contributed by atoms with Crippen molar-refractivity contribution in [2.24, 2.45) is 0 Å². The number of hydrogen-bond acceptors (Lipinski definition) is 4. The molecular formula is C13H12ClFN2O2. The van der Waals surface area contributed by atoms with Crippen molar-refractivity contribution < 1.29 is 14.6 Å². The molecular weight excluding hydrogens is 271 g/mol. The SMILES string of the molecule is Nc1cc(F)c(O)c(Cc2cc(N)c(Cl)cc2O)c1. The topological polar surface area (TPSA) is 92.5 Å². The molecule has 0 aliphatic carbocycles. The Morgan fingerprint density at radius 3 is 2.42 bits per heavy atom. The van der Waals surface area contributed by atoms with Crippen molar-refractivity contribution in [2.45, 2.75) is 6.42 Å². The maximum Gasteiger partial charge on any atom is 0.167 e. The zero-order chi connectivity index (χ0) is 14.2. The van der Waals surface area contributed by atoms with Crippen LogP contribution < -0.4 is 11.5 Å². The molecule has 0 radical (unpaired) electrons. The average molecular weight is 283 g/mol. The number of anilines is 2. The van der Waals surface area contributed by atoms with Gasteiger partial charge in [-0.2, -0.15) is 0 Å². The summed E-state index contributed by atoms with van der Waals surface area (Å²) < 4.78 is 13.3. The van der Waals surface area contributed by atoms with E-state index < -0.39 is 11.6 Å². The van der Waals surface area contributed by atoms with Gasteiger partial charge in [-0.25, -0.2) is 4.39 Å². The van der Waals surface area contributed by atoms with Gasteiger partial charge in [0.15, 0.2) is 11.6 Å². The van der Waals surface area contributed by atoms with Gasteiger partial charge in [-0.15, -0.1) is 0 Å². The lowest BCUT2D eigenvalue weighted by molar-refractivity contribution is 0.426. The standard InChI is InChI=1S/C13H12ClFN2O2/c14-9-5-12(18)6(3-11(9)17)1-7-2-8(16)4-10(15)13(7)19/h2-5,18-19H,1,16-17H2. The van der Waals surface area contributed by atoms with Crippen LogP contribution in [0, 0.1) is 5.82 Å². The molecule has 0 unspecified atom stereocenters. The van der Waals surface area contributed by atoms with Crippen molar-refractivity contribution in [3.63, 3.8) is 0 Å². The molecule has 0 aromatic heterocycles. The Balaban J connectivity index is 2.44. The van der Waals surface area contributed by atoms with Crippen LogP contribution in [-0.2, 0) is 6.42 Å².